The van der Waals surface area contributed by atoms with E-state index in [1.165, 1.54) is 0 Å². The molecule has 0 aliphatic rings. The van der Waals surface area contributed by atoms with E-state index in [1.54, 1.807) is 37.2 Å². The van der Waals surface area contributed by atoms with Crippen LogP contribution in [0.3, 0.4) is 0 Å². The fraction of sp³-hybridized carbons (Fsp3) is 0.182. The van der Waals surface area contributed by atoms with Gasteiger partial charge >= 0.3 is 6.01 Å². The lowest BCUT2D eigenvalue weighted by atomic mass is 10.3. The number of rotatable bonds is 3. The first-order chi connectivity index (χ1) is 8.95. The molecule has 0 radical (unpaired) electrons. The minimum absolute atomic E-state index is 0.0405. The van der Waals surface area contributed by atoms with E-state index in [-0.39, 0.29) is 11.3 Å². The molecule has 0 spiro atoms. The first-order valence-electron chi connectivity index (χ1n) is 5.17. The molecule has 0 unspecified atom stereocenters. The molecular formula is C11H9Cl3N4O. The Kier molecular flexibility index (Phi) is 4.29. The van der Waals surface area contributed by atoms with Crippen LogP contribution < -0.4 is 9.64 Å². The highest BCUT2D eigenvalue weighted by molar-refractivity contribution is 6.35. The van der Waals surface area contributed by atoms with Gasteiger partial charge in [0.25, 0.3) is 0 Å². The molecule has 1 aromatic heterocycles. The maximum absolute atomic E-state index is 6.00. The Hall–Kier alpha value is -1.30. The van der Waals surface area contributed by atoms with Crippen molar-refractivity contribution < 1.29 is 4.74 Å². The summed E-state index contributed by atoms with van der Waals surface area (Å²) in [6.45, 7) is 0. The minimum atomic E-state index is 0.0405. The SMILES string of the molecule is CN(C)c1nc(Cl)nc(Oc2ccc(Cl)cc2Cl)n1. The molecule has 0 amide bonds. The van der Waals surface area contributed by atoms with Crippen molar-refractivity contribution in [2.24, 2.45) is 0 Å². The predicted molar refractivity (Wildman–Crippen MR) is 75.7 cm³/mol. The maximum atomic E-state index is 6.00. The third-order valence-electron chi connectivity index (χ3n) is 2.07. The van der Waals surface area contributed by atoms with Crippen molar-refractivity contribution in [1.82, 2.24) is 15.0 Å². The second-order valence-electron chi connectivity index (χ2n) is 3.76. The van der Waals surface area contributed by atoms with Gasteiger partial charge in [-0.1, -0.05) is 23.2 Å². The van der Waals surface area contributed by atoms with Crippen LogP contribution in [0.4, 0.5) is 5.95 Å². The standard InChI is InChI=1S/C11H9Cl3N4O/c1-18(2)10-15-9(14)16-11(17-10)19-8-4-3-6(12)5-7(8)13/h3-5H,1-2H3. The molecule has 0 fully saturated rings. The van der Waals surface area contributed by atoms with E-state index in [1.807, 2.05) is 0 Å². The number of hydrogen-bond donors (Lipinski definition) is 0. The quantitative estimate of drug-likeness (QED) is 0.863. The molecule has 5 nitrogen and oxygen atoms in total. The minimum Gasteiger partial charge on any atom is -0.423 e. The molecule has 0 saturated carbocycles. The van der Waals surface area contributed by atoms with Gasteiger partial charge in [0, 0.05) is 19.1 Å². The van der Waals surface area contributed by atoms with Crippen molar-refractivity contribution in [3.63, 3.8) is 0 Å². The largest absolute Gasteiger partial charge is 0.423 e. The molecule has 0 bridgehead atoms. The molecule has 0 saturated heterocycles. The van der Waals surface area contributed by atoms with E-state index in [9.17, 15) is 0 Å². The topological polar surface area (TPSA) is 51.1 Å². The van der Waals surface area contributed by atoms with Gasteiger partial charge in [0.2, 0.25) is 11.2 Å². The predicted octanol–water partition coefficient (Wildman–Crippen LogP) is 3.69. The lowest BCUT2D eigenvalue weighted by Gasteiger charge is -2.11. The van der Waals surface area contributed by atoms with Gasteiger partial charge in [0.05, 0.1) is 5.02 Å². The van der Waals surface area contributed by atoms with E-state index in [0.717, 1.165) is 0 Å². The number of benzene rings is 1. The molecule has 0 N–H and O–H groups in total. The zero-order chi connectivity index (χ0) is 14.0. The van der Waals surface area contributed by atoms with Gasteiger partial charge in [0.15, 0.2) is 0 Å². The van der Waals surface area contributed by atoms with Crippen molar-refractivity contribution in [2.75, 3.05) is 19.0 Å². The van der Waals surface area contributed by atoms with Crippen LogP contribution in [-0.4, -0.2) is 29.0 Å². The van der Waals surface area contributed by atoms with Crippen LogP contribution in [-0.2, 0) is 0 Å². The molecule has 19 heavy (non-hydrogen) atoms. The van der Waals surface area contributed by atoms with Crippen LogP contribution in [0.15, 0.2) is 18.2 Å². The first-order valence-corrected chi connectivity index (χ1v) is 6.31. The smallest absolute Gasteiger partial charge is 0.328 e. The Labute approximate surface area is 125 Å². The summed E-state index contributed by atoms with van der Waals surface area (Å²) < 4.78 is 5.47. The lowest BCUT2D eigenvalue weighted by molar-refractivity contribution is 0.440. The van der Waals surface area contributed by atoms with Gasteiger partial charge in [-0.15, -0.1) is 0 Å². The molecule has 1 aromatic carbocycles. The number of hydrogen-bond acceptors (Lipinski definition) is 5. The monoisotopic (exact) mass is 318 g/mol. The number of anilines is 1. The zero-order valence-electron chi connectivity index (χ0n) is 10.1. The zero-order valence-corrected chi connectivity index (χ0v) is 12.3. The summed E-state index contributed by atoms with van der Waals surface area (Å²) >= 11 is 17.6. The Morgan fingerprint density at radius 1 is 1.05 bits per heavy atom. The highest BCUT2D eigenvalue weighted by Crippen LogP contribution is 2.30. The van der Waals surface area contributed by atoms with E-state index in [0.29, 0.717) is 21.7 Å². The lowest BCUT2D eigenvalue weighted by Crippen LogP contribution is -2.13. The summed E-state index contributed by atoms with van der Waals surface area (Å²) in [6.07, 6.45) is 0. The number of ether oxygens (including phenoxy) is 1. The fourth-order valence-electron chi connectivity index (χ4n) is 1.22. The van der Waals surface area contributed by atoms with Gasteiger partial charge in [-0.25, -0.2) is 0 Å². The maximum Gasteiger partial charge on any atom is 0.328 e. The Morgan fingerprint density at radius 2 is 1.79 bits per heavy atom. The number of aromatic nitrogens is 3. The summed E-state index contributed by atoms with van der Waals surface area (Å²) in [4.78, 5) is 13.6. The van der Waals surface area contributed by atoms with Crippen molar-refractivity contribution in [2.45, 2.75) is 0 Å². The van der Waals surface area contributed by atoms with Gasteiger partial charge in [-0.2, -0.15) is 15.0 Å². The van der Waals surface area contributed by atoms with Gasteiger partial charge in [-0.3, -0.25) is 0 Å². The van der Waals surface area contributed by atoms with Crippen molar-refractivity contribution >= 4 is 40.8 Å². The third-order valence-corrected chi connectivity index (χ3v) is 2.77. The van der Waals surface area contributed by atoms with Crippen LogP contribution in [0, 0.1) is 0 Å². The third kappa shape index (κ3) is 3.59. The summed E-state index contributed by atoms with van der Waals surface area (Å²) in [6, 6.07) is 4.90. The normalized spacial score (nSPS) is 10.4. The van der Waals surface area contributed by atoms with E-state index < -0.39 is 0 Å². The summed E-state index contributed by atoms with van der Waals surface area (Å²) in [5, 5.41) is 0.911. The van der Waals surface area contributed by atoms with E-state index >= 15 is 0 Å². The summed E-state index contributed by atoms with van der Waals surface area (Å²) in [5.41, 5.74) is 0. The summed E-state index contributed by atoms with van der Waals surface area (Å²) in [5.74, 6) is 0.776. The highest BCUT2D eigenvalue weighted by Gasteiger charge is 2.10. The first kappa shape index (κ1) is 14.1. The van der Waals surface area contributed by atoms with Crippen LogP contribution in [0.5, 0.6) is 11.8 Å². The molecular weight excluding hydrogens is 311 g/mol. The molecule has 100 valence electrons. The second kappa shape index (κ2) is 5.77. The molecule has 0 atom stereocenters. The number of halogens is 3. The summed E-state index contributed by atoms with van der Waals surface area (Å²) in [7, 11) is 3.56. The highest BCUT2D eigenvalue weighted by atomic mass is 35.5. The van der Waals surface area contributed by atoms with Gasteiger partial charge < -0.3 is 9.64 Å². The fourth-order valence-corrected chi connectivity index (χ4v) is 1.82. The van der Waals surface area contributed by atoms with Crippen molar-refractivity contribution in [1.29, 1.82) is 0 Å². The van der Waals surface area contributed by atoms with Gasteiger partial charge in [-0.05, 0) is 29.8 Å². The Morgan fingerprint density at radius 3 is 2.42 bits per heavy atom. The molecule has 1 heterocycles. The molecule has 0 aliphatic heterocycles. The van der Waals surface area contributed by atoms with Crippen molar-refractivity contribution in [3.05, 3.63) is 33.5 Å². The average Bonchev–Trinajstić information content (AvgIpc) is 2.32. The average molecular weight is 320 g/mol. The van der Waals surface area contributed by atoms with E-state index in [2.05, 4.69) is 15.0 Å². The van der Waals surface area contributed by atoms with Crippen LogP contribution in [0.1, 0.15) is 0 Å². The molecule has 2 rings (SSSR count). The Bertz CT molecular complexity index is 606. The van der Waals surface area contributed by atoms with Crippen LogP contribution in [0.25, 0.3) is 0 Å². The Balaban J connectivity index is 2.32. The van der Waals surface area contributed by atoms with Crippen LogP contribution >= 0.6 is 34.8 Å². The van der Waals surface area contributed by atoms with Gasteiger partial charge in [0.1, 0.15) is 5.75 Å². The van der Waals surface area contributed by atoms with Crippen LogP contribution in [0.2, 0.25) is 15.3 Å². The number of nitrogens with zero attached hydrogens (tertiary/aromatic N) is 4. The van der Waals surface area contributed by atoms with E-state index in [4.69, 9.17) is 39.5 Å². The molecule has 8 heteroatoms. The molecule has 0 aliphatic carbocycles. The van der Waals surface area contributed by atoms with Crippen molar-refractivity contribution in [3.8, 4) is 11.8 Å². The second-order valence-corrected chi connectivity index (χ2v) is 4.94. The molecule has 2 aromatic rings.